The quantitative estimate of drug-likeness (QED) is 0.419. The molecule has 1 aliphatic carbocycles. The lowest BCUT2D eigenvalue weighted by molar-refractivity contribution is 0.301. The Balaban J connectivity index is 1.62. The molecule has 2 aliphatic rings. The number of nitrogens with zero attached hydrogens (tertiary/aromatic N) is 2. The summed E-state index contributed by atoms with van der Waals surface area (Å²) in [5.41, 5.74) is 4.69. The molecule has 0 unspecified atom stereocenters. The van der Waals surface area contributed by atoms with E-state index in [1.807, 2.05) is 6.07 Å². The van der Waals surface area contributed by atoms with Crippen LogP contribution in [0.2, 0.25) is 0 Å². The molecule has 0 saturated heterocycles. The Labute approximate surface area is 216 Å². The summed E-state index contributed by atoms with van der Waals surface area (Å²) in [5.74, 6) is 3.44. The summed E-state index contributed by atoms with van der Waals surface area (Å²) in [5, 5.41) is 14.9. The molecule has 0 atom stereocenters. The standard InChI is InChI=1S/C30H41N5O/c1-3-14-28-31-22-24-16-10-12-19-27(24)36-20-13-7-5-4-6-8-17-25-21-29(35-34-25)33-30(32-28)26-18-11-9-15-23(26)2/h10,12,14-16,18-19,21,31H,3-9,11,13,17,20,22H2,1-2H3,(H2,32,33,34,35)/b28-14+. The van der Waals surface area contributed by atoms with Crippen molar-refractivity contribution in [3.63, 3.8) is 0 Å². The smallest absolute Gasteiger partial charge is 0.153 e. The summed E-state index contributed by atoms with van der Waals surface area (Å²) in [7, 11) is 0. The minimum Gasteiger partial charge on any atom is -0.493 e. The molecule has 3 N–H and O–H groups in total. The second kappa shape index (κ2) is 13.7. The highest BCUT2D eigenvalue weighted by atomic mass is 16.5. The highest BCUT2D eigenvalue weighted by molar-refractivity contribution is 6.11. The van der Waals surface area contributed by atoms with Gasteiger partial charge in [-0.15, -0.1) is 0 Å². The van der Waals surface area contributed by atoms with E-state index < -0.39 is 0 Å². The number of rotatable bonds is 2. The van der Waals surface area contributed by atoms with Gasteiger partial charge >= 0.3 is 0 Å². The first-order valence-electron chi connectivity index (χ1n) is 13.7. The number of anilines is 1. The first-order valence-corrected chi connectivity index (χ1v) is 13.7. The molecule has 4 rings (SSSR count). The number of aromatic amines is 1. The molecule has 2 heterocycles. The summed E-state index contributed by atoms with van der Waals surface area (Å²) in [6, 6.07) is 10.4. The van der Waals surface area contributed by atoms with Crippen molar-refractivity contribution in [2.24, 2.45) is 4.99 Å². The van der Waals surface area contributed by atoms with Crippen molar-refractivity contribution in [3.8, 4) is 5.75 Å². The van der Waals surface area contributed by atoms with Crippen LogP contribution in [0.4, 0.5) is 5.82 Å². The number of allylic oxidation sites excluding steroid dienone is 3. The van der Waals surface area contributed by atoms with Gasteiger partial charge in [0, 0.05) is 29.4 Å². The number of ether oxygens (including phenoxy) is 1. The lowest BCUT2D eigenvalue weighted by atomic mass is 9.98. The monoisotopic (exact) mass is 487 g/mol. The molecule has 6 heteroatoms. The maximum absolute atomic E-state index is 6.18. The molecule has 1 aromatic heterocycles. The summed E-state index contributed by atoms with van der Waals surface area (Å²) in [6.45, 7) is 5.71. The van der Waals surface area contributed by atoms with Crippen LogP contribution in [0, 0.1) is 0 Å². The highest BCUT2D eigenvalue weighted by Crippen LogP contribution is 2.23. The van der Waals surface area contributed by atoms with Crippen LogP contribution < -0.4 is 15.4 Å². The zero-order valence-electron chi connectivity index (χ0n) is 21.9. The Hall–Kier alpha value is -3.28. The second-order valence-electron chi connectivity index (χ2n) is 9.62. The number of para-hydroxylation sites is 1. The molecule has 2 aromatic rings. The first kappa shape index (κ1) is 25.8. The average Bonchev–Trinajstić information content (AvgIpc) is 3.33. The van der Waals surface area contributed by atoms with Crippen LogP contribution in [0.1, 0.15) is 82.9 Å². The van der Waals surface area contributed by atoms with E-state index in [1.54, 1.807) is 0 Å². The number of fused-ring (bicyclic) bond motifs is 3. The topological polar surface area (TPSA) is 74.3 Å². The molecule has 1 aliphatic heterocycles. The van der Waals surface area contributed by atoms with Gasteiger partial charge in [-0.25, -0.2) is 4.99 Å². The molecule has 6 nitrogen and oxygen atoms in total. The molecule has 0 radical (unpaired) electrons. The molecule has 0 spiro atoms. The Bertz CT molecular complexity index is 1110. The van der Waals surface area contributed by atoms with E-state index in [1.165, 1.54) is 43.4 Å². The van der Waals surface area contributed by atoms with Gasteiger partial charge < -0.3 is 15.4 Å². The Morgan fingerprint density at radius 1 is 1.00 bits per heavy atom. The molecule has 0 amide bonds. The number of nitrogens with one attached hydrogen (secondary N) is 3. The van der Waals surface area contributed by atoms with Crippen LogP contribution in [0.3, 0.4) is 0 Å². The number of hydrogen-bond acceptors (Lipinski definition) is 5. The van der Waals surface area contributed by atoms with E-state index in [2.05, 4.69) is 77.2 Å². The number of aromatic nitrogens is 2. The fraction of sp³-hybridized carbons (Fsp3) is 0.467. The zero-order chi connectivity index (χ0) is 25.0. The van der Waals surface area contributed by atoms with Crippen molar-refractivity contribution >= 4 is 11.7 Å². The van der Waals surface area contributed by atoms with Crippen LogP contribution in [-0.4, -0.2) is 22.6 Å². The maximum atomic E-state index is 6.18. The highest BCUT2D eigenvalue weighted by Gasteiger charge is 2.15. The molecule has 192 valence electrons. The van der Waals surface area contributed by atoms with E-state index in [-0.39, 0.29) is 0 Å². The number of amidine groups is 1. The van der Waals surface area contributed by atoms with Gasteiger partial charge in [0.2, 0.25) is 0 Å². The third-order valence-corrected chi connectivity index (χ3v) is 6.68. The molecule has 0 saturated carbocycles. The molecule has 0 fully saturated rings. The van der Waals surface area contributed by atoms with Crippen LogP contribution in [-0.2, 0) is 13.0 Å². The van der Waals surface area contributed by atoms with Crippen molar-refractivity contribution in [2.75, 3.05) is 11.9 Å². The van der Waals surface area contributed by atoms with Gasteiger partial charge in [-0.05, 0) is 63.2 Å². The van der Waals surface area contributed by atoms with E-state index in [0.29, 0.717) is 6.54 Å². The summed E-state index contributed by atoms with van der Waals surface area (Å²) in [4.78, 5) is 5.09. The van der Waals surface area contributed by atoms with Gasteiger partial charge in [0.25, 0.3) is 0 Å². The summed E-state index contributed by atoms with van der Waals surface area (Å²) >= 11 is 0. The van der Waals surface area contributed by atoms with Crippen molar-refractivity contribution < 1.29 is 4.74 Å². The Kier molecular flexibility index (Phi) is 9.83. The number of benzene rings is 1. The van der Waals surface area contributed by atoms with Crippen LogP contribution in [0.15, 0.2) is 70.5 Å². The predicted molar refractivity (Wildman–Crippen MR) is 149 cm³/mol. The van der Waals surface area contributed by atoms with Gasteiger partial charge in [0.05, 0.1) is 6.61 Å². The van der Waals surface area contributed by atoms with Gasteiger partial charge in [0.15, 0.2) is 5.82 Å². The van der Waals surface area contributed by atoms with Crippen molar-refractivity contribution in [3.05, 3.63) is 76.8 Å². The fourth-order valence-corrected chi connectivity index (χ4v) is 4.67. The largest absolute Gasteiger partial charge is 0.493 e. The third kappa shape index (κ3) is 7.61. The van der Waals surface area contributed by atoms with Gasteiger partial charge in [0.1, 0.15) is 17.4 Å². The van der Waals surface area contributed by atoms with E-state index in [0.717, 1.165) is 73.1 Å². The minimum atomic E-state index is 0.652. The molecule has 2 bridgehead atoms. The zero-order valence-corrected chi connectivity index (χ0v) is 21.9. The van der Waals surface area contributed by atoms with Crippen LogP contribution in [0.25, 0.3) is 0 Å². The summed E-state index contributed by atoms with van der Waals surface area (Å²) in [6.07, 6.45) is 17.9. The lowest BCUT2D eigenvalue weighted by Crippen LogP contribution is -2.21. The van der Waals surface area contributed by atoms with Gasteiger partial charge in [-0.3, -0.25) is 5.10 Å². The Morgan fingerprint density at radius 3 is 2.67 bits per heavy atom. The third-order valence-electron chi connectivity index (χ3n) is 6.68. The SMILES string of the molecule is CC/C=C1/N=C(\C2=CCCC=C2C)Nc2cc([nH]n2)CCCCCCCCOc2ccccc2CN1. The molecular weight excluding hydrogens is 446 g/mol. The van der Waals surface area contributed by atoms with E-state index in [4.69, 9.17) is 9.73 Å². The molecule has 36 heavy (non-hydrogen) atoms. The van der Waals surface area contributed by atoms with Crippen molar-refractivity contribution in [1.82, 2.24) is 15.5 Å². The Morgan fingerprint density at radius 2 is 1.81 bits per heavy atom. The summed E-state index contributed by atoms with van der Waals surface area (Å²) < 4.78 is 6.18. The van der Waals surface area contributed by atoms with E-state index >= 15 is 0 Å². The first-order chi connectivity index (χ1) is 17.7. The van der Waals surface area contributed by atoms with Crippen molar-refractivity contribution in [1.29, 1.82) is 0 Å². The number of hydrogen-bond donors (Lipinski definition) is 3. The van der Waals surface area contributed by atoms with E-state index in [9.17, 15) is 0 Å². The lowest BCUT2D eigenvalue weighted by Gasteiger charge is -2.18. The van der Waals surface area contributed by atoms with Crippen molar-refractivity contribution in [2.45, 2.75) is 84.6 Å². The number of aryl methyl sites for hydroxylation is 1. The van der Waals surface area contributed by atoms with Crippen LogP contribution >= 0.6 is 0 Å². The minimum absolute atomic E-state index is 0.652. The maximum Gasteiger partial charge on any atom is 0.153 e. The van der Waals surface area contributed by atoms with Crippen LogP contribution in [0.5, 0.6) is 5.75 Å². The average molecular weight is 488 g/mol. The molecular formula is C30H41N5O. The predicted octanol–water partition coefficient (Wildman–Crippen LogP) is 7.20. The second-order valence-corrected chi connectivity index (χ2v) is 9.62. The van der Waals surface area contributed by atoms with Gasteiger partial charge in [-0.2, -0.15) is 5.10 Å². The number of H-pyrrole nitrogens is 1. The normalized spacial score (nSPS) is 20.9. The van der Waals surface area contributed by atoms with Gasteiger partial charge in [-0.1, -0.05) is 63.0 Å². The molecule has 1 aromatic carbocycles. The fourth-order valence-electron chi connectivity index (χ4n) is 4.67. The number of aliphatic imine (C=N–C) groups is 1.